The number of ketones is 1. The van der Waals surface area contributed by atoms with Crippen molar-refractivity contribution < 1.29 is 9.59 Å². The van der Waals surface area contributed by atoms with Crippen LogP contribution < -0.4 is 10.2 Å². The first-order valence-corrected chi connectivity index (χ1v) is 13.8. The van der Waals surface area contributed by atoms with Gasteiger partial charge in [0.05, 0.1) is 23.8 Å². The van der Waals surface area contributed by atoms with Crippen LogP contribution >= 0.6 is 0 Å². The summed E-state index contributed by atoms with van der Waals surface area (Å²) in [4.78, 5) is 43.2. The summed E-state index contributed by atoms with van der Waals surface area (Å²) in [5, 5.41) is 7.58. The molecule has 198 valence electrons. The molecule has 0 aromatic carbocycles. The van der Waals surface area contributed by atoms with Crippen molar-refractivity contribution >= 4 is 34.8 Å². The minimum Gasteiger partial charge on any atom is -0.323 e. The second-order valence-electron chi connectivity index (χ2n) is 13.6. The predicted octanol–water partition coefficient (Wildman–Crippen LogP) is 4.80. The van der Waals surface area contributed by atoms with Gasteiger partial charge in [0.15, 0.2) is 5.65 Å². The molecular weight excluding hydrogens is 478 g/mol. The quantitative estimate of drug-likeness (QED) is 0.522. The van der Waals surface area contributed by atoms with E-state index in [9.17, 15) is 9.59 Å². The second-order valence-corrected chi connectivity index (χ2v) is 13.6. The summed E-state index contributed by atoms with van der Waals surface area (Å²) in [5.41, 5.74) is 2.81. The van der Waals surface area contributed by atoms with Crippen molar-refractivity contribution in [1.82, 2.24) is 24.6 Å². The van der Waals surface area contributed by atoms with Crippen LogP contribution in [0.4, 0.5) is 17.5 Å². The van der Waals surface area contributed by atoms with Crippen molar-refractivity contribution in [2.45, 2.75) is 84.6 Å². The van der Waals surface area contributed by atoms with Crippen molar-refractivity contribution in [3.8, 4) is 0 Å². The molecule has 2 atom stereocenters. The number of hydrogen-bond donors (Lipinski definition) is 1. The van der Waals surface area contributed by atoms with Gasteiger partial charge in [-0.25, -0.2) is 14.5 Å². The predicted molar refractivity (Wildman–Crippen MR) is 143 cm³/mol. The Morgan fingerprint density at radius 2 is 1.92 bits per heavy atom. The minimum absolute atomic E-state index is 0.0369. The number of rotatable bonds is 5. The summed E-state index contributed by atoms with van der Waals surface area (Å²) in [6.45, 7) is 8.45. The van der Waals surface area contributed by atoms with Crippen LogP contribution in [0.3, 0.4) is 0 Å². The third-order valence-electron chi connectivity index (χ3n) is 9.30. The highest BCUT2D eigenvalue weighted by Gasteiger charge is 2.64. The second kappa shape index (κ2) is 7.83. The lowest BCUT2D eigenvalue weighted by atomic mass is 9.45. The number of nitrogens with one attached hydrogen (secondary N) is 1. The summed E-state index contributed by atoms with van der Waals surface area (Å²) < 4.78 is 1.71. The molecule has 3 aromatic rings. The van der Waals surface area contributed by atoms with E-state index in [1.165, 1.54) is 12.7 Å². The molecule has 3 aromatic heterocycles. The van der Waals surface area contributed by atoms with E-state index < -0.39 is 0 Å². The normalized spacial score (nSPS) is 29.8. The molecular formula is C29H35N7O2. The van der Waals surface area contributed by atoms with Gasteiger partial charge in [0, 0.05) is 23.6 Å². The molecule has 1 amide bonds. The van der Waals surface area contributed by atoms with Crippen LogP contribution in [0.25, 0.3) is 5.65 Å². The van der Waals surface area contributed by atoms with Crippen LogP contribution in [0, 0.1) is 29.6 Å². The molecule has 5 aliphatic rings. The molecule has 1 N–H and O–H groups in total. The number of nitrogens with zero attached hydrogens (tertiary/aromatic N) is 6. The molecule has 4 saturated carbocycles. The van der Waals surface area contributed by atoms with Gasteiger partial charge < -0.3 is 5.32 Å². The maximum absolute atomic E-state index is 13.8. The maximum Gasteiger partial charge on any atom is 0.233 e. The van der Waals surface area contributed by atoms with Crippen LogP contribution in [0.1, 0.15) is 76.8 Å². The highest BCUT2D eigenvalue weighted by atomic mass is 16.2. The average Bonchev–Trinajstić information content (AvgIpc) is 3.40. The number of carbonyl (C=O) groups excluding carboxylic acids is 2. The largest absolute Gasteiger partial charge is 0.323 e. The van der Waals surface area contributed by atoms with E-state index in [-0.39, 0.29) is 22.3 Å². The number of amides is 1. The van der Waals surface area contributed by atoms with Crippen molar-refractivity contribution in [2.24, 2.45) is 22.7 Å². The van der Waals surface area contributed by atoms with Gasteiger partial charge in [0.2, 0.25) is 11.9 Å². The Morgan fingerprint density at radius 1 is 1.16 bits per heavy atom. The third kappa shape index (κ3) is 3.65. The monoisotopic (exact) mass is 513 g/mol. The highest BCUT2D eigenvalue weighted by molar-refractivity contribution is 6.02. The van der Waals surface area contributed by atoms with Gasteiger partial charge in [-0.15, -0.1) is 0 Å². The van der Waals surface area contributed by atoms with Gasteiger partial charge in [0.1, 0.15) is 17.9 Å². The summed E-state index contributed by atoms with van der Waals surface area (Å²) in [6, 6.07) is 1.96. The number of aryl methyl sites for hydroxylation is 1. The number of carbonyl (C=O) groups is 2. The number of aromatic nitrogens is 5. The standard InChI is InChI=1S/C29H35N7O2/c1-17-5-23-31-16-32-35(23)14-21(17)33-26-30-13-20-7-24(38)36(25(20)34-26)29-10-18-6-19(11-29)9-28(8-18,15-29)22(37)12-27(2,3)4/h5,13-14,16,18-19H,6-12,15H2,1-4H3,(H,30,33,34). The van der Waals surface area contributed by atoms with E-state index in [1.54, 1.807) is 10.7 Å². The zero-order valence-electron chi connectivity index (χ0n) is 22.6. The van der Waals surface area contributed by atoms with E-state index in [2.05, 4.69) is 41.2 Å². The van der Waals surface area contributed by atoms with Gasteiger partial charge in [-0.05, 0) is 74.3 Å². The van der Waals surface area contributed by atoms with E-state index in [0.29, 0.717) is 42.2 Å². The number of fused-ring (bicyclic) bond motifs is 2. The van der Waals surface area contributed by atoms with Crippen LogP contribution in [-0.2, 0) is 16.0 Å². The molecule has 0 saturated heterocycles. The summed E-state index contributed by atoms with van der Waals surface area (Å²) in [7, 11) is 0. The summed E-state index contributed by atoms with van der Waals surface area (Å²) >= 11 is 0. The highest BCUT2D eigenvalue weighted by Crippen LogP contribution is 2.65. The first-order valence-electron chi connectivity index (χ1n) is 13.8. The molecule has 38 heavy (non-hydrogen) atoms. The average molecular weight is 514 g/mol. The molecule has 4 aliphatic carbocycles. The van der Waals surface area contributed by atoms with Crippen LogP contribution in [-0.4, -0.2) is 41.8 Å². The zero-order chi connectivity index (χ0) is 26.4. The van der Waals surface area contributed by atoms with Crippen molar-refractivity contribution in [1.29, 1.82) is 0 Å². The number of hydrogen-bond acceptors (Lipinski definition) is 7. The van der Waals surface area contributed by atoms with Gasteiger partial charge >= 0.3 is 0 Å². The minimum atomic E-state index is -0.332. The van der Waals surface area contributed by atoms with Crippen LogP contribution in [0.5, 0.6) is 0 Å². The van der Waals surface area contributed by atoms with E-state index >= 15 is 0 Å². The number of anilines is 3. The molecule has 4 heterocycles. The van der Waals surface area contributed by atoms with Crippen molar-refractivity contribution in [3.63, 3.8) is 0 Å². The van der Waals surface area contributed by atoms with Crippen molar-refractivity contribution in [2.75, 3.05) is 10.2 Å². The lowest BCUT2D eigenvalue weighted by Gasteiger charge is -2.63. The Balaban J connectivity index is 1.24. The number of pyridine rings is 1. The molecule has 8 rings (SSSR count). The number of Topliss-reactive ketones (excluding diaryl/α,β-unsaturated/α-hetero) is 1. The van der Waals surface area contributed by atoms with E-state index in [0.717, 1.165) is 54.6 Å². The zero-order valence-corrected chi connectivity index (χ0v) is 22.6. The van der Waals surface area contributed by atoms with Gasteiger partial charge in [-0.2, -0.15) is 10.1 Å². The van der Waals surface area contributed by atoms with Gasteiger partial charge in [-0.1, -0.05) is 20.8 Å². The Bertz CT molecular complexity index is 1470. The first kappa shape index (κ1) is 23.7. The summed E-state index contributed by atoms with van der Waals surface area (Å²) in [6.07, 6.45) is 11.9. The smallest absolute Gasteiger partial charge is 0.233 e. The molecule has 9 heteroatoms. The fraction of sp³-hybridized carbons (Fsp3) is 0.586. The lowest BCUT2D eigenvalue weighted by molar-refractivity contribution is -0.149. The Labute approximate surface area is 222 Å². The molecule has 2 unspecified atom stereocenters. The lowest BCUT2D eigenvalue weighted by Crippen LogP contribution is -2.66. The van der Waals surface area contributed by atoms with Crippen molar-refractivity contribution in [3.05, 3.63) is 35.9 Å². The Kier molecular flexibility index (Phi) is 4.89. The molecule has 0 spiro atoms. The molecule has 9 nitrogen and oxygen atoms in total. The Hall–Kier alpha value is -3.36. The first-order chi connectivity index (χ1) is 18.0. The fourth-order valence-electron chi connectivity index (χ4n) is 8.31. The summed E-state index contributed by atoms with van der Waals surface area (Å²) in [5.74, 6) is 2.65. The van der Waals surface area contributed by atoms with Crippen LogP contribution in [0.2, 0.25) is 0 Å². The Morgan fingerprint density at radius 3 is 2.66 bits per heavy atom. The SMILES string of the molecule is Cc1cc2ncnn2cc1Nc1ncc2c(n1)N(C13CC4CC(CC(C(=O)CC(C)(C)C)(C4)C1)C3)C(=O)C2. The van der Waals surface area contributed by atoms with Gasteiger partial charge in [0.25, 0.3) is 0 Å². The van der Waals surface area contributed by atoms with Crippen LogP contribution in [0.15, 0.2) is 24.8 Å². The topological polar surface area (TPSA) is 105 Å². The molecule has 4 bridgehead atoms. The van der Waals surface area contributed by atoms with E-state index in [4.69, 9.17) is 4.98 Å². The van der Waals surface area contributed by atoms with Gasteiger partial charge in [-0.3, -0.25) is 14.5 Å². The fourth-order valence-corrected chi connectivity index (χ4v) is 8.31. The molecule has 1 aliphatic heterocycles. The molecule has 4 fully saturated rings. The van der Waals surface area contributed by atoms with E-state index in [1.807, 2.05) is 24.1 Å². The third-order valence-corrected chi connectivity index (χ3v) is 9.30. The maximum atomic E-state index is 13.8. The molecule has 0 radical (unpaired) electrons.